The van der Waals surface area contributed by atoms with Gasteiger partial charge < -0.3 is 5.11 Å². The lowest BCUT2D eigenvalue weighted by atomic mass is 9.93. The van der Waals surface area contributed by atoms with Gasteiger partial charge in [-0.1, -0.05) is 6.92 Å². The molecule has 4 heteroatoms. The minimum atomic E-state index is -0.627. The largest absolute Gasteiger partial charge is 0.480 e. The molecule has 0 amide bonds. The Labute approximate surface area is 103 Å². The van der Waals surface area contributed by atoms with Gasteiger partial charge in [0.1, 0.15) is 5.54 Å². The molecule has 1 aliphatic heterocycles. The van der Waals surface area contributed by atoms with Gasteiger partial charge in [0.25, 0.3) is 0 Å². The number of rotatable bonds is 7. The zero-order valence-corrected chi connectivity index (χ0v) is 11.2. The Morgan fingerprint density at radius 3 is 2.81 bits per heavy atom. The first-order valence-corrected chi connectivity index (χ1v) is 7.54. The van der Waals surface area contributed by atoms with E-state index >= 15 is 0 Å². The van der Waals surface area contributed by atoms with E-state index in [9.17, 15) is 9.90 Å². The van der Waals surface area contributed by atoms with Gasteiger partial charge in [0, 0.05) is 0 Å². The number of thioether (sulfide) groups is 1. The van der Waals surface area contributed by atoms with E-state index in [0.29, 0.717) is 0 Å². The molecule has 3 nitrogen and oxygen atoms in total. The van der Waals surface area contributed by atoms with Crippen LogP contribution in [0.3, 0.4) is 0 Å². The molecule has 1 unspecified atom stereocenters. The summed E-state index contributed by atoms with van der Waals surface area (Å²) >= 11 is 1.86. The van der Waals surface area contributed by atoms with Gasteiger partial charge in [-0.2, -0.15) is 11.8 Å². The first kappa shape index (κ1) is 13.8. The molecule has 0 bridgehead atoms. The number of unbranched alkanes of at least 4 members (excludes halogenated alkanes) is 1. The Bertz CT molecular complexity index is 235. The molecule has 16 heavy (non-hydrogen) atoms. The predicted octanol–water partition coefficient (Wildman–Crippen LogP) is 2.46. The van der Waals surface area contributed by atoms with Gasteiger partial charge in [-0.05, 0) is 57.2 Å². The highest BCUT2D eigenvalue weighted by atomic mass is 32.2. The van der Waals surface area contributed by atoms with E-state index < -0.39 is 11.5 Å². The molecule has 0 aromatic rings. The molecule has 1 atom stereocenters. The maximum Gasteiger partial charge on any atom is 0.324 e. The van der Waals surface area contributed by atoms with Gasteiger partial charge in [-0.25, -0.2) is 0 Å². The van der Waals surface area contributed by atoms with Gasteiger partial charge >= 0.3 is 5.97 Å². The van der Waals surface area contributed by atoms with Crippen molar-refractivity contribution in [3.05, 3.63) is 0 Å². The van der Waals surface area contributed by atoms with Crippen molar-refractivity contribution in [2.24, 2.45) is 0 Å². The molecule has 94 valence electrons. The van der Waals surface area contributed by atoms with E-state index in [1.807, 2.05) is 18.7 Å². The smallest absolute Gasteiger partial charge is 0.324 e. The van der Waals surface area contributed by atoms with Crippen LogP contribution >= 0.6 is 11.8 Å². The molecule has 0 saturated carbocycles. The van der Waals surface area contributed by atoms with Gasteiger partial charge in [-0.15, -0.1) is 0 Å². The number of carboxylic acid groups (broad SMARTS) is 1. The molecule has 0 radical (unpaired) electrons. The standard InChI is InChI=1S/C12H23NO2S/c1-3-12(11(14)15)7-6-9-13(12)8-4-5-10-16-2/h3-10H2,1-2H3,(H,14,15). The second-order valence-electron chi connectivity index (χ2n) is 4.48. The van der Waals surface area contributed by atoms with Crippen LogP contribution < -0.4 is 0 Å². The summed E-state index contributed by atoms with van der Waals surface area (Å²) in [5.74, 6) is 0.553. The van der Waals surface area contributed by atoms with Crippen molar-refractivity contribution < 1.29 is 9.90 Å². The Kier molecular flexibility index (Phi) is 5.62. The third kappa shape index (κ3) is 2.92. The normalized spacial score (nSPS) is 26.1. The summed E-state index contributed by atoms with van der Waals surface area (Å²) in [6.45, 7) is 3.90. The number of nitrogens with zero attached hydrogens (tertiary/aromatic N) is 1. The molecule has 0 aromatic heterocycles. The maximum atomic E-state index is 11.4. The Morgan fingerprint density at radius 1 is 1.50 bits per heavy atom. The summed E-state index contributed by atoms with van der Waals surface area (Å²) in [5, 5.41) is 9.39. The van der Waals surface area contributed by atoms with E-state index in [1.54, 1.807) is 0 Å². The van der Waals surface area contributed by atoms with Crippen LogP contribution in [0.1, 0.15) is 39.0 Å². The molecule has 0 aromatic carbocycles. The second-order valence-corrected chi connectivity index (χ2v) is 5.47. The average molecular weight is 245 g/mol. The van der Waals surface area contributed by atoms with Crippen molar-refractivity contribution >= 4 is 17.7 Å². The highest BCUT2D eigenvalue weighted by molar-refractivity contribution is 7.98. The Morgan fingerprint density at radius 2 is 2.25 bits per heavy atom. The van der Waals surface area contributed by atoms with Crippen LogP contribution in [0.15, 0.2) is 0 Å². The molecule has 1 saturated heterocycles. The van der Waals surface area contributed by atoms with Crippen molar-refractivity contribution in [1.82, 2.24) is 4.90 Å². The summed E-state index contributed by atoms with van der Waals surface area (Å²) in [7, 11) is 0. The van der Waals surface area contributed by atoms with Crippen LogP contribution in [-0.4, -0.2) is 46.6 Å². The summed E-state index contributed by atoms with van der Waals surface area (Å²) in [6.07, 6.45) is 7.01. The van der Waals surface area contributed by atoms with Gasteiger partial charge in [0.05, 0.1) is 0 Å². The van der Waals surface area contributed by atoms with Crippen LogP contribution in [0.25, 0.3) is 0 Å². The summed E-state index contributed by atoms with van der Waals surface area (Å²) < 4.78 is 0. The van der Waals surface area contributed by atoms with E-state index in [4.69, 9.17) is 0 Å². The summed E-state index contributed by atoms with van der Waals surface area (Å²) in [5.41, 5.74) is -0.556. The van der Waals surface area contributed by atoms with E-state index in [-0.39, 0.29) is 0 Å². The number of hydrogen-bond donors (Lipinski definition) is 1. The van der Waals surface area contributed by atoms with E-state index in [0.717, 1.165) is 38.8 Å². The van der Waals surface area contributed by atoms with Gasteiger partial charge in [0.15, 0.2) is 0 Å². The lowest BCUT2D eigenvalue weighted by Gasteiger charge is -2.33. The van der Waals surface area contributed by atoms with Crippen LogP contribution in [0.5, 0.6) is 0 Å². The van der Waals surface area contributed by atoms with Gasteiger partial charge in [-0.3, -0.25) is 9.69 Å². The van der Waals surface area contributed by atoms with Crippen molar-refractivity contribution in [1.29, 1.82) is 0 Å². The lowest BCUT2D eigenvalue weighted by molar-refractivity contribution is -0.150. The zero-order valence-electron chi connectivity index (χ0n) is 10.4. The van der Waals surface area contributed by atoms with Crippen molar-refractivity contribution in [2.45, 2.75) is 44.6 Å². The molecule has 1 N–H and O–H groups in total. The third-order valence-electron chi connectivity index (χ3n) is 3.63. The molecule has 1 heterocycles. The molecule has 0 spiro atoms. The quantitative estimate of drug-likeness (QED) is 0.700. The highest BCUT2D eigenvalue weighted by Gasteiger charge is 2.45. The lowest BCUT2D eigenvalue weighted by Crippen LogP contribution is -2.50. The van der Waals surface area contributed by atoms with Crippen LogP contribution in [0.2, 0.25) is 0 Å². The minimum absolute atomic E-state index is 0.556. The molecule has 1 rings (SSSR count). The first-order valence-electron chi connectivity index (χ1n) is 6.14. The first-order chi connectivity index (χ1) is 7.67. The number of carbonyl (C=O) groups is 1. The number of hydrogen-bond acceptors (Lipinski definition) is 3. The van der Waals surface area contributed by atoms with Crippen molar-refractivity contribution in [2.75, 3.05) is 25.1 Å². The van der Waals surface area contributed by atoms with E-state index in [2.05, 4.69) is 11.2 Å². The SMILES string of the molecule is CCC1(C(=O)O)CCCN1CCCCSC. The fourth-order valence-corrected chi connectivity index (χ4v) is 3.10. The topological polar surface area (TPSA) is 40.5 Å². The maximum absolute atomic E-state index is 11.4. The third-order valence-corrected chi connectivity index (χ3v) is 4.33. The molecule has 1 aliphatic rings. The number of carboxylic acids is 1. The Balaban J connectivity index is 2.47. The molecule has 0 aliphatic carbocycles. The fraction of sp³-hybridized carbons (Fsp3) is 0.917. The number of aliphatic carboxylic acids is 1. The monoisotopic (exact) mass is 245 g/mol. The zero-order chi connectivity index (χ0) is 12.0. The fourth-order valence-electron chi connectivity index (χ4n) is 2.60. The van der Waals surface area contributed by atoms with Crippen molar-refractivity contribution in [3.8, 4) is 0 Å². The van der Waals surface area contributed by atoms with Crippen LogP contribution in [0, 0.1) is 0 Å². The summed E-state index contributed by atoms with van der Waals surface area (Å²) in [6, 6.07) is 0. The summed E-state index contributed by atoms with van der Waals surface area (Å²) in [4.78, 5) is 13.6. The second kappa shape index (κ2) is 6.50. The van der Waals surface area contributed by atoms with Crippen LogP contribution in [-0.2, 0) is 4.79 Å². The van der Waals surface area contributed by atoms with E-state index in [1.165, 1.54) is 12.2 Å². The predicted molar refractivity (Wildman–Crippen MR) is 69.1 cm³/mol. The highest BCUT2D eigenvalue weighted by Crippen LogP contribution is 2.32. The van der Waals surface area contributed by atoms with Crippen molar-refractivity contribution in [3.63, 3.8) is 0 Å². The van der Waals surface area contributed by atoms with Gasteiger partial charge in [0.2, 0.25) is 0 Å². The molecule has 1 fully saturated rings. The molecular weight excluding hydrogens is 222 g/mol. The number of likely N-dealkylation sites (tertiary alicyclic amines) is 1. The molecular formula is C12H23NO2S. The van der Waals surface area contributed by atoms with Crippen LogP contribution in [0.4, 0.5) is 0 Å². The average Bonchev–Trinajstić information content (AvgIpc) is 2.68. The minimum Gasteiger partial charge on any atom is -0.480 e. The Hall–Kier alpha value is -0.220.